The van der Waals surface area contributed by atoms with Crippen molar-refractivity contribution in [3.05, 3.63) is 6.92 Å². The van der Waals surface area contributed by atoms with Crippen molar-refractivity contribution in [3.8, 4) is 0 Å². The number of hydrogen-bond acceptors (Lipinski definition) is 6. The zero-order chi connectivity index (χ0) is 24.1. The van der Waals surface area contributed by atoms with Gasteiger partial charge in [0, 0.05) is 0 Å². The second-order valence-corrected chi connectivity index (χ2v) is 5.27. The van der Waals surface area contributed by atoms with Crippen LogP contribution in [0.3, 0.4) is 0 Å². The van der Waals surface area contributed by atoms with Gasteiger partial charge in [-0.3, -0.25) is 0 Å². The number of hydrogen-bond donors (Lipinski definition) is 6. The molecule has 0 aliphatic carbocycles. The molecule has 12 N–H and O–H groups in total. The molecule has 28 heavy (non-hydrogen) atoms. The van der Waals surface area contributed by atoms with Crippen LogP contribution in [0.5, 0.6) is 0 Å². The van der Waals surface area contributed by atoms with Crippen LogP contribution in [0.4, 0.5) is 0 Å². The fourth-order valence-corrected chi connectivity index (χ4v) is 2.22. The lowest BCUT2D eigenvalue weighted by atomic mass is 9.96. The van der Waals surface area contributed by atoms with Gasteiger partial charge in [0.2, 0.25) is 0 Å². The summed E-state index contributed by atoms with van der Waals surface area (Å²) in [5.74, 6) is 0.725. The van der Waals surface area contributed by atoms with E-state index in [0.717, 1.165) is 5.92 Å². The van der Waals surface area contributed by atoms with Crippen LogP contribution < -0.4 is 34.4 Å². The fourth-order valence-electron chi connectivity index (χ4n) is 2.22. The molecule has 0 saturated carbocycles. The van der Waals surface area contributed by atoms with Crippen molar-refractivity contribution in [2.45, 2.75) is 90.9 Å². The van der Waals surface area contributed by atoms with Crippen molar-refractivity contribution >= 4 is 0 Å². The van der Waals surface area contributed by atoms with Crippen LogP contribution in [-0.2, 0) is 0 Å². The summed E-state index contributed by atoms with van der Waals surface area (Å²) in [5.41, 5.74) is 27.0. The minimum absolute atomic E-state index is 0.725. The number of nitrogens with two attached hydrogens (primary N) is 6. The van der Waals surface area contributed by atoms with Crippen molar-refractivity contribution in [2.75, 3.05) is 42.3 Å². The van der Waals surface area contributed by atoms with Gasteiger partial charge in [-0.25, -0.2) is 0 Å². The largest absolute Gasteiger partial charge is 0.333 e. The summed E-state index contributed by atoms with van der Waals surface area (Å²) in [7, 11) is 9.00. The topological polar surface area (TPSA) is 156 Å². The summed E-state index contributed by atoms with van der Waals surface area (Å²) in [6, 6.07) is 0. The minimum atomic E-state index is 0.725. The molecule has 0 aromatic carbocycles. The van der Waals surface area contributed by atoms with Crippen molar-refractivity contribution in [1.29, 1.82) is 0 Å². The average molecular weight is 412 g/mol. The first-order valence-corrected chi connectivity index (χ1v) is 11.1. The highest BCUT2D eigenvalue weighted by atomic mass is 14.4. The highest BCUT2D eigenvalue weighted by Gasteiger charge is 2.01. The predicted molar refractivity (Wildman–Crippen MR) is 136 cm³/mol. The molecule has 0 amide bonds. The molecule has 0 saturated heterocycles. The van der Waals surface area contributed by atoms with Gasteiger partial charge in [-0.1, -0.05) is 97.8 Å². The number of rotatable bonds is 12. The van der Waals surface area contributed by atoms with Gasteiger partial charge in [0.05, 0.1) is 0 Å². The Morgan fingerprint density at radius 3 is 0.857 bits per heavy atom. The lowest BCUT2D eigenvalue weighted by Gasteiger charge is -2.10. The molecule has 6 nitrogen and oxygen atoms in total. The van der Waals surface area contributed by atoms with Gasteiger partial charge in [-0.15, -0.1) is 0 Å². The minimum Gasteiger partial charge on any atom is -0.333 e. The molecule has 1 radical (unpaired) electrons. The summed E-state index contributed by atoms with van der Waals surface area (Å²) < 4.78 is 0. The van der Waals surface area contributed by atoms with E-state index in [0.29, 0.717) is 0 Å². The lowest BCUT2D eigenvalue weighted by Crippen LogP contribution is -1.95. The van der Waals surface area contributed by atoms with Gasteiger partial charge < -0.3 is 34.4 Å². The van der Waals surface area contributed by atoms with E-state index in [1.165, 1.54) is 119 Å². The highest BCUT2D eigenvalue weighted by Crippen LogP contribution is 2.17. The maximum Gasteiger partial charge on any atom is -0.0195 e. The van der Waals surface area contributed by atoms with Gasteiger partial charge in [0.1, 0.15) is 0 Å². The van der Waals surface area contributed by atoms with Gasteiger partial charge in [0.25, 0.3) is 0 Å². The van der Waals surface area contributed by atoms with Gasteiger partial charge in [-0.05, 0) is 48.2 Å². The van der Waals surface area contributed by atoms with Crippen molar-refractivity contribution < 1.29 is 0 Å². The molecule has 0 spiro atoms. The molecular formula is C22H63N6. The molecule has 0 fully saturated rings. The maximum atomic E-state index is 4.50. The Morgan fingerprint density at radius 2 is 0.643 bits per heavy atom. The van der Waals surface area contributed by atoms with Crippen molar-refractivity contribution in [3.63, 3.8) is 0 Å². The first kappa shape index (κ1) is 46.1. The zero-order valence-electron chi connectivity index (χ0n) is 21.2. The average Bonchev–Trinajstić information content (AvgIpc) is 2.81. The Labute approximate surface area is 180 Å². The molecule has 6 heteroatoms. The third kappa shape index (κ3) is 83.4. The molecule has 0 aliphatic rings. The monoisotopic (exact) mass is 412 g/mol. The van der Waals surface area contributed by atoms with E-state index in [1.54, 1.807) is 0 Å². The van der Waals surface area contributed by atoms with Crippen LogP contribution >= 0.6 is 0 Å². The van der Waals surface area contributed by atoms with Crippen molar-refractivity contribution in [2.24, 2.45) is 40.3 Å². The van der Waals surface area contributed by atoms with E-state index >= 15 is 0 Å². The lowest BCUT2D eigenvalue weighted by molar-refractivity contribution is 0.466. The SMILES string of the molecule is CN.CN.CN.CN.CN.CN.[CH2]C(CCCCCCC)CCCCCCC. The van der Waals surface area contributed by atoms with E-state index in [2.05, 4.69) is 55.2 Å². The highest BCUT2D eigenvalue weighted by molar-refractivity contribution is 4.62. The first-order valence-electron chi connectivity index (χ1n) is 11.1. The van der Waals surface area contributed by atoms with E-state index in [-0.39, 0.29) is 0 Å². The molecule has 0 aliphatic heterocycles. The third-order valence-electron chi connectivity index (χ3n) is 3.43. The van der Waals surface area contributed by atoms with Crippen molar-refractivity contribution in [1.82, 2.24) is 0 Å². The molecule has 0 aromatic heterocycles. The molecular weight excluding hydrogens is 348 g/mol. The summed E-state index contributed by atoms with van der Waals surface area (Å²) >= 11 is 0. The fraction of sp³-hybridized carbons (Fsp3) is 0.955. The Hall–Kier alpha value is -0.240. The maximum absolute atomic E-state index is 4.50. The normalized spacial score (nSPS) is 7.71. The molecule has 181 valence electrons. The molecule has 0 aromatic rings. The summed E-state index contributed by atoms with van der Waals surface area (Å²) in [5, 5.41) is 0. The first-order chi connectivity index (χ1) is 13.8. The van der Waals surface area contributed by atoms with E-state index in [4.69, 9.17) is 0 Å². The quantitative estimate of drug-likeness (QED) is 0.269. The van der Waals surface area contributed by atoms with Gasteiger partial charge in [0.15, 0.2) is 0 Å². The van der Waals surface area contributed by atoms with Crippen LogP contribution in [0.1, 0.15) is 90.9 Å². The Kier molecular flexibility index (Phi) is 134. The van der Waals surface area contributed by atoms with Crippen LogP contribution in [0, 0.1) is 12.8 Å². The standard InChI is InChI=1S/C16H33.6CH5N/c1-4-6-8-10-12-14-16(3)15-13-11-9-7-5-2;6*1-2/h16H,3-15H2,1-2H3;6*2H2,1H3. The van der Waals surface area contributed by atoms with Gasteiger partial charge >= 0.3 is 0 Å². The van der Waals surface area contributed by atoms with Crippen LogP contribution in [-0.4, -0.2) is 42.3 Å². The summed E-state index contributed by atoms with van der Waals surface area (Å²) in [4.78, 5) is 0. The number of unbranched alkanes of at least 4 members (excludes halogenated alkanes) is 8. The van der Waals surface area contributed by atoms with Crippen LogP contribution in [0.2, 0.25) is 0 Å². The molecule has 0 bridgehead atoms. The van der Waals surface area contributed by atoms with E-state index in [1.807, 2.05) is 0 Å². The van der Waals surface area contributed by atoms with E-state index < -0.39 is 0 Å². The second-order valence-electron chi connectivity index (χ2n) is 5.27. The summed E-state index contributed by atoms with van der Waals surface area (Å²) in [6.07, 6.45) is 16.8. The van der Waals surface area contributed by atoms with Crippen LogP contribution in [0.15, 0.2) is 0 Å². The third-order valence-corrected chi connectivity index (χ3v) is 3.43. The Bertz CT molecular complexity index is 124. The zero-order valence-corrected chi connectivity index (χ0v) is 21.2. The summed E-state index contributed by atoms with van der Waals surface area (Å²) in [6.45, 7) is 8.83. The smallest absolute Gasteiger partial charge is 0.0195 e. The molecule has 0 atom stereocenters. The Morgan fingerprint density at radius 1 is 0.429 bits per heavy atom. The van der Waals surface area contributed by atoms with Crippen LogP contribution in [0.25, 0.3) is 0 Å². The second kappa shape index (κ2) is 81.5. The van der Waals surface area contributed by atoms with Gasteiger partial charge in [-0.2, -0.15) is 0 Å². The Balaban J connectivity index is -0.0000000622. The molecule has 0 heterocycles. The molecule has 0 unspecified atom stereocenters. The predicted octanol–water partition coefficient (Wildman–Crippen LogP) is 3.61. The van der Waals surface area contributed by atoms with E-state index in [9.17, 15) is 0 Å². The molecule has 0 rings (SSSR count).